The minimum Gasteiger partial charge on any atom is -0.494 e. The first-order valence-electron chi connectivity index (χ1n) is 11.2. The van der Waals surface area contributed by atoms with Crippen molar-refractivity contribution in [3.8, 4) is 11.8 Å². The number of nitrogens with one attached hydrogen (secondary N) is 2. The molecule has 2 aromatic rings. The minimum atomic E-state index is -1.27. The van der Waals surface area contributed by atoms with E-state index < -0.39 is 23.7 Å². The molecule has 0 spiro atoms. The fraction of sp³-hybridized carbons (Fsp3) is 0.308. The molecule has 182 valence electrons. The SMILES string of the molecule is CCOC(=O)[C@H]1C(=O)NC(SCC(=O)Nc2ccccc2C)=C(C#N)[C@@H]1c1ccccc1OCC. The number of esters is 1. The molecule has 0 aromatic heterocycles. The Bertz CT molecular complexity index is 1190. The summed E-state index contributed by atoms with van der Waals surface area (Å²) in [6.45, 7) is 5.82. The zero-order valence-electron chi connectivity index (χ0n) is 19.8. The van der Waals surface area contributed by atoms with Crippen LogP contribution in [0.1, 0.15) is 30.9 Å². The highest BCUT2D eigenvalue weighted by Crippen LogP contribution is 2.43. The lowest BCUT2D eigenvalue weighted by molar-refractivity contribution is -0.152. The smallest absolute Gasteiger partial charge is 0.319 e. The number of nitrogens with zero attached hydrogens (tertiary/aromatic N) is 1. The number of amides is 2. The Hall–Kier alpha value is -3.77. The molecule has 0 radical (unpaired) electrons. The van der Waals surface area contributed by atoms with Gasteiger partial charge in [-0.05, 0) is 38.5 Å². The van der Waals surface area contributed by atoms with Crippen molar-refractivity contribution < 1.29 is 23.9 Å². The first-order valence-corrected chi connectivity index (χ1v) is 12.2. The zero-order valence-corrected chi connectivity index (χ0v) is 20.6. The van der Waals surface area contributed by atoms with Crippen LogP contribution in [0.2, 0.25) is 0 Å². The third kappa shape index (κ3) is 6.03. The highest BCUT2D eigenvalue weighted by molar-refractivity contribution is 8.03. The van der Waals surface area contributed by atoms with Gasteiger partial charge in [0.05, 0.1) is 35.6 Å². The molecule has 1 aliphatic rings. The van der Waals surface area contributed by atoms with Gasteiger partial charge in [0, 0.05) is 17.2 Å². The number of hydrogen-bond donors (Lipinski definition) is 2. The number of rotatable bonds is 9. The molecular weight excluding hydrogens is 466 g/mol. The summed E-state index contributed by atoms with van der Waals surface area (Å²) < 4.78 is 10.9. The summed E-state index contributed by atoms with van der Waals surface area (Å²) in [7, 11) is 0. The number of ether oxygens (including phenoxy) is 2. The van der Waals surface area contributed by atoms with Gasteiger partial charge in [-0.25, -0.2) is 0 Å². The Morgan fingerprint density at radius 1 is 1.11 bits per heavy atom. The van der Waals surface area contributed by atoms with Crippen LogP contribution in [0.15, 0.2) is 59.1 Å². The molecule has 8 nitrogen and oxygen atoms in total. The molecule has 0 bridgehead atoms. The molecule has 35 heavy (non-hydrogen) atoms. The third-order valence-corrected chi connectivity index (χ3v) is 6.41. The molecule has 0 aliphatic carbocycles. The number of carbonyl (C=O) groups excluding carboxylic acids is 3. The average Bonchev–Trinajstić information content (AvgIpc) is 2.84. The van der Waals surface area contributed by atoms with Crippen molar-refractivity contribution in [2.24, 2.45) is 5.92 Å². The van der Waals surface area contributed by atoms with Gasteiger partial charge in [-0.1, -0.05) is 48.2 Å². The second-order valence-corrected chi connectivity index (χ2v) is 8.66. The van der Waals surface area contributed by atoms with E-state index in [1.807, 2.05) is 32.0 Å². The molecule has 2 N–H and O–H groups in total. The van der Waals surface area contributed by atoms with E-state index in [4.69, 9.17) is 9.47 Å². The first-order chi connectivity index (χ1) is 16.9. The van der Waals surface area contributed by atoms with Crippen LogP contribution in [0.5, 0.6) is 5.75 Å². The molecule has 2 amide bonds. The maximum absolute atomic E-state index is 13.1. The maximum Gasteiger partial charge on any atom is 0.319 e. The quantitative estimate of drug-likeness (QED) is 0.402. The third-order valence-electron chi connectivity index (χ3n) is 5.39. The number of hydrogen-bond acceptors (Lipinski definition) is 7. The molecule has 2 atom stereocenters. The lowest BCUT2D eigenvalue weighted by atomic mass is 9.78. The standard InChI is InChI=1S/C26H27N3O5S/c1-4-33-20-13-9-7-11-17(20)22-18(14-27)25(29-24(31)23(22)26(32)34-5-2)35-15-21(30)28-19-12-8-6-10-16(19)3/h6-13,22-23H,4-5,15H2,1-3H3,(H,28,30)(H,29,31)/t22-,23+/m0/s1. The molecule has 9 heteroatoms. The molecule has 0 saturated heterocycles. The zero-order chi connectivity index (χ0) is 25.4. The van der Waals surface area contributed by atoms with Crippen LogP contribution in [-0.2, 0) is 19.1 Å². The summed E-state index contributed by atoms with van der Waals surface area (Å²) >= 11 is 1.03. The normalized spacial score (nSPS) is 17.3. The van der Waals surface area contributed by atoms with Crippen molar-refractivity contribution in [2.75, 3.05) is 24.3 Å². The number of para-hydroxylation sites is 2. The van der Waals surface area contributed by atoms with Gasteiger partial charge < -0.3 is 20.1 Å². The highest BCUT2D eigenvalue weighted by atomic mass is 32.2. The Morgan fingerprint density at radius 3 is 2.51 bits per heavy atom. The average molecular weight is 494 g/mol. The minimum absolute atomic E-state index is 0.0426. The Balaban J connectivity index is 1.96. The second-order valence-electron chi connectivity index (χ2n) is 7.67. The summed E-state index contributed by atoms with van der Waals surface area (Å²) in [4.78, 5) is 38.5. The van der Waals surface area contributed by atoms with Crippen LogP contribution < -0.4 is 15.4 Å². The molecule has 2 aromatic carbocycles. The van der Waals surface area contributed by atoms with Gasteiger partial charge in [-0.2, -0.15) is 5.26 Å². The van der Waals surface area contributed by atoms with Gasteiger partial charge in [-0.3, -0.25) is 14.4 Å². The lowest BCUT2D eigenvalue weighted by Crippen LogP contribution is -2.44. The van der Waals surface area contributed by atoms with E-state index in [0.717, 1.165) is 17.3 Å². The number of nitriles is 1. The van der Waals surface area contributed by atoms with E-state index in [0.29, 0.717) is 23.6 Å². The van der Waals surface area contributed by atoms with Gasteiger partial charge in [0.1, 0.15) is 11.7 Å². The van der Waals surface area contributed by atoms with Gasteiger partial charge >= 0.3 is 5.97 Å². The van der Waals surface area contributed by atoms with Gasteiger partial charge in [0.2, 0.25) is 11.8 Å². The second kappa shape index (κ2) is 12.1. The monoisotopic (exact) mass is 493 g/mol. The maximum atomic E-state index is 13.1. The van der Waals surface area contributed by atoms with Crippen molar-refractivity contribution in [3.05, 3.63) is 70.3 Å². The number of benzene rings is 2. The van der Waals surface area contributed by atoms with Crippen molar-refractivity contribution in [2.45, 2.75) is 26.7 Å². The van der Waals surface area contributed by atoms with E-state index in [1.165, 1.54) is 0 Å². The number of aryl methyl sites for hydroxylation is 1. The van der Waals surface area contributed by atoms with Crippen molar-refractivity contribution in [1.29, 1.82) is 5.26 Å². The summed E-state index contributed by atoms with van der Waals surface area (Å²) in [5.74, 6) is -3.37. The summed E-state index contributed by atoms with van der Waals surface area (Å²) in [5, 5.41) is 15.8. The summed E-state index contributed by atoms with van der Waals surface area (Å²) in [6.07, 6.45) is 0. The van der Waals surface area contributed by atoms with Crippen LogP contribution in [0.3, 0.4) is 0 Å². The molecular formula is C26H27N3O5S. The Labute approximate surface area is 208 Å². The molecule has 1 aliphatic heterocycles. The number of carbonyl (C=O) groups is 3. The van der Waals surface area contributed by atoms with Crippen LogP contribution >= 0.6 is 11.8 Å². The van der Waals surface area contributed by atoms with Crippen molar-refractivity contribution in [3.63, 3.8) is 0 Å². The molecule has 1 heterocycles. The van der Waals surface area contributed by atoms with Crippen LogP contribution in [0, 0.1) is 24.2 Å². The Kier molecular flexibility index (Phi) is 8.92. The lowest BCUT2D eigenvalue weighted by Gasteiger charge is -2.32. The van der Waals surface area contributed by atoms with Gasteiger partial charge in [0.15, 0.2) is 0 Å². The predicted molar refractivity (Wildman–Crippen MR) is 134 cm³/mol. The van der Waals surface area contributed by atoms with E-state index in [1.54, 1.807) is 37.3 Å². The topological polar surface area (TPSA) is 118 Å². The Morgan fingerprint density at radius 2 is 1.83 bits per heavy atom. The fourth-order valence-corrected chi connectivity index (χ4v) is 4.67. The fourth-order valence-electron chi connectivity index (χ4n) is 3.82. The van der Waals surface area contributed by atoms with E-state index in [9.17, 15) is 19.6 Å². The molecule has 0 unspecified atom stereocenters. The molecule has 3 rings (SSSR count). The van der Waals surface area contributed by atoms with Crippen molar-refractivity contribution >= 4 is 35.2 Å². The molecule has 0 saturated carbocycles. The van der Waals surface area contributed by atoms with Crippen LogP contribution in [0.4, 0.5) is 5.69 Å². The van der Waals surface area contributed by atoms with Crippen LogP contribution in [0.25, 0.3) is 0 Å². The number of thioether (sulfide) groups is 1. The van der Waals surface area contributed by atoms with E-state index in [-0.39, 0.29) is 28.9 Å². The van der Waals surface area contributed by atoms with Crippen LogP contribution in [-0.4, -0.2) is 36.8 Å². The highest BCUT2D eigenvalue weighted by Gasteiger charge is 2.45. The number of allylic oxidation sites excluding steroid dienone is 1. The number of anilines is 1. The first kappa shape index (κ1) is 25.8. The summed E-state index contributed by atoms with van der Waals surface area (Å²) in [5.41, 5.74) is 2.30. The van der Waals surface area contributed by atoms with Gasteiger partial charge in [0.25, 0.3) is 0 Å². The van der Waals surface area contributed by atoms with Crippen molar-refractivity contribution in [1.82, 2.24) is 5.32 Å². The largest absolute Gasteiger partial charge is 0.494 e. The van der Waals surface area contributed by atoms with E-state index >= 15 is 0 Å². The predicted octanol–water partition coefficient (Wildman–Crippen LogP) is 3.89. The molecule has 0 fully saturated rings. The van der Waals surface area contributed by atoms with E-state index in [2.05, 4.69) is 16.7 Å². The van der Waals surface area contributed by atoms with Gasteiger partial charge in [-0.15, -0.1) is 0 Å². The summed E-state index contributed by atoms with van der Waals surface area (Å²) in [6, 6.07) is 16.5.